The fourth-order valence-electron chi connectivity index (χ4n) is 7.14. The summed E-state index contributed by atoms with van der Waals surface area (Å²) in [5.74, 6) is -1.75. The Morgan fingerprint density at radius 3 is 1.37 bits per heavy atom. The Balaban J connectivity index is 0.930. The van der Waals surface area contributed by atoms with E-state index in [1.165, 1.54) is 21.8 Å². The van der Waals surface area contributed by atoms with E-state index in [2.05, 4.69) is 38.5 Å². The highest BCUT2D eigenvalue weighted by Gasteiger charge is 2.52. The number of hydrogen-bond donors (Lipinski definition) is 7. The van der Waals surface area contributed by atoms with Gasteiger partial charge >= 0.3 is 35.4 Å². The third-order valence-corrected chi connectivity index (χ3v) is 14.3. The molecule has 356 valence electrons. The van der Waals surface area contributed by atoms with Crippen molar-refractivity contribution in [3.8, 4) is 0 Å². The molecule has 2 aromatic carbocycles. The summed E-state index contributed by atoms with van der Waals surface area (Å²) in [7, 11) is -17.7. The van der Waals surface area contributed by atoms with E-state index in [0.717, 1.165) is 12.7 Å². The number of phosphoric ester groups is 2. The summed E-state index contributed by atoms with van der Waals surface area (Å²) in [6.07, 6.45) is -8.70. The minimum atomic E-state index is -6.11. The Kier molecular flexibility index (Phi) is 13.9. The Bertz CT molecular complexity index is 2710. The summed E-state index contributed by atoms with van der Waals surface area (Å²) in [5, 5.41) is 22.7. The molecule has 31 heteroatoms. The van der Waals surface area contributed by atoms with Gasteiger partial charge in [-0.2, -0.15) is 8.62 Å². The van der Waals surface area contributed by atoms with Gasteiger partial charge in [0.05, 0.1) is 38.7 Å². The van der Waals surface area contributed by atoms with Crippen LogP contribution in [0.2, 0.25) is 0 Å². The normalized spacial score (nSPS) is 25.6. The number of nitrogens with zero attached hydrogens (tertiary/aromatic N) is 8. The monoisotopic (exact) mass is 992 g/mol. The molecule has 0 aliphatic carbocycles. The Morgan fingerprint density at radius 2 is 0.985 bits per heavy atom. The third kappa shape index (κ3) is 11.0. The quantitative estimate of drug-likeness (QED) is 0.0467. The van der Waals surface area contributed by atoms with E-state index in [1.807, 2.05) is 0 Å². The topological polar surface area (TPSA) is 400 Å². The van der Waals surface area contributed by atoms with Gasteiger partial charge in [0.15, 0.2) is 47.6 Å². The maximum atomic E-state index is 13.1. The van der Waals surface area contributed by atoms with Crippen molar-refractivity contribution in [1.29, 1.82) is 0 Å². The van der Waals surface area contributed by atoms with Gasteiger partial charge in [-0.05, 0) is 11.1 Å². The minimum Gasteiger partial charge on any atom is -0.456 e. The smallest absolute Gasteiger partial charge is 0.456 e. The van der Waals surface area contributed by atoms with Crippen molar-refractivity contribution in [2.24, 2.45) is 0 Å². The molecule has 0 spiro atoms. The van der Waals surface area contributed by atoms with E-state index in [9.17, 15) is 48.2 Å². The lowest BCUT2D eigenvalue weighted by molar-refractivity contribution is -0.156. The van der Waals surface area contributed by atoms with Crippen molar-refractivity contribution in [1.82, 2.24) is 39.0 Å². The van der Waals surface area contributed by atoms with Crippen molar-refractivity contribution >= 4 is 69.4 Å². The molecule has 2 aliphatic rings. The number of benzene rings is 2. The number of nitrogens with two attached hydrogens (primary N) is 2. The maximum absolute atomic E-state index is 13.1. The Labute approximate surface area is 376 Å². The van der Waals surface area contributed by atoms with Gasteiger partial charge in [0, 0.05) is 0 Å². The molecule has 0 saturated carbocycles. The van der Waals surface area contributed by atoms with E-state index in [1.54, 1.807) is 60.7 Å². The fourth-order valence-corrected chi connectivity index (χ4v) is 10.7. The number of aliphatic hydroxyl groups is 2. The molecule has 6 heterocycles. The molecule has 67 heavy (non-hydrogen) atoms. The van der Waals surface area contributed by atoms with Crippen LogP contribution in [0.4, 0.5) is 11.6 Å². The molecule has 2 fully saturated rings. The lowest BCUT2D eigenvalue weighted by Gasteiger charge is -2.23. The first-order valence-electron chi connectivity index (χ1n) is 19.6. The molecule has 8 rings (SSSR count). The van der Waals surface area contributed by atoms with Gasteiger partial charge in [0.1, 0.15) is 48.1 Å². The number of fused-ring (bicyclic) bond motifs is 2. The highest BCUT2D eigenvalue weighted by atomic mass is 31.3. The largest absolute Gasteiger partial charge is 0.490 e. The minimum absolute atomic E-state index is 0.0148. The second-order valence-electron chi connectivity index (χ2n) is 14.7. The standard InChI is InChI=1S/C36H39N10O18P3/c37-31-25-33(41-15-39-31)45(17-43-25)35-27(49)29(61-23(47)11-19-7-3-1-4-8-19)21(59-35)13-57-65(51,52)63-67(55,56)64-66(53,54)58-14-22-30(62-24(48)12-20-9-5-2-6-10-20)28(50)36(60-22)46-18-44-26-32(38)40-16-42-34(26)46/h1-10,15-18,21-22,27-30,35-36,49-50H,11-14H2,(H,51,52)(H,53,54)(H,55,56)(H2,37,39,41)(H2,38,40,42)/t21-,22-,27-,28+,29-,30+,35-,36+/m1/s1. The number of carbonyl (C=O) groups is 2. The van der Waals surface area contributed by atoms with E-state index in [4.69, 9.17) is 39.5 Å². The van der Waals surface area contributed by atoms with Crippen LogP contribution < -0.4 is 11.5 Å². The van der Waals surface area contributed by atoms with Crippen molar-refractivity contribution in [2.45, 2.75) is 61.9 Å². The second kappa shape index (κ2) is 19.5. The van der Waals surface area contributed by atoms with Gasteiger partial charge in [-0.25, -0.2) is 43.6 Å². The lowest BCUT2D eigenvalue weighted by Crippen LogP contribution is -2.38. The summed E-state index contributed by atoms with van der Waals surface area (Å²) in [4.78, 5) is 81.6. The molecule has 0 radical (unpaired) electrons. The van der Waals surface area contributed by atoms with E-state index in [0.29, 0.717) is 11.1 Å². The fraction of sp³-hybridized carbons (Fsp3) is 0.333. The van der Waals surface area contributed by atoms with Gasteiger partial charge in [-0.15, -0.1) is 0 Å². The third-order valence-electron chi connectivity index (χ3n) is 10.1. The molecule has 2 saturated heterocycles. The summed E-state index contributed by atoms with van der Waals surface area (Å²) in [5.41, 5.74) is 13.3. The van der Waals surface area contributed by atoms with Crippen LogP contribution in [0.25, 0.3) is 22.3 Å². The predicted octanol–water partition coefficient (Wildman–Crippen LogP) is 1.02. The summed E-state index contributed by atoms with van der Waals surface area (Å²) < 4.78 is 82.7. The van der Waals surface area contributed by atoms with Crippen LogP contribution in [0.3, 0.4) is 0 Å². The number of carbonyl (C=O) groups excluding carboxylic acids is 2. The molecule has 6 aromatic rings. The van der Waals surface area contributed by atoms with Crippen molar-refractivity contribution in [3.63, 3.8) is 0 Å². The van der Waals surface area contributed by atoms with Gasteiger partial charge in [0.2, 0.25) is 0 Å². The van der Waals surface area contributed by atoms with Gasteiger partial charge in [-0.1, -0.05) is 60.7 Å². The van der Waals surface area contributed by atoms with Gasteiger partial charge in [0.25, 0.3) is 0 Å². The van der Waals surface area contributed by atoms with Crippen LogP contribution in [0.5, 0.6) is 0 Å². The summed E-state index contributed by atoms with van der Waals surface area (Å²) in [6, 6.07) is 16.7. The maximum Gasteiger partial charge on any atom is 0.490 e. The van der Waals surface area contributed by atoms with Gasteiger partial charge < -0.3 is 55.3 Å². The van der Waals surface area contributed by atoms with Crippen LogP contribution in [-0.4, -0.2) is 126 Å². The predicted molar refractivity (Wildman–Crippen MR) is 223 cm³/mol. The number of anilines is 2. The Morgan fingerprint density at radius 1 is 0.597 bits per heavy atom. The number of ether oxygens (including phenoxy) is 4. The van der Waals surface area contributed by atoms with Crippen LogP contribution >= 0.6 is 23.5 Å². The first kappa shape index (κ1) is 47.8. The number of nitrogen functional groups attached to an aromatic ring is 2. The number of aliphatic hydroxyl groups excluding tert-OH is 2. The summed E-state index contributed by atoms with van der Waals surface area (Å²) in [6.45, 7) is -2.17. The second-order valence-corrected chi connectivity index (χ2v) is 19.3. The molecule has 2 aliphatic heterocycles. The first-order chi connectivity index (χ1) is 31.9. The Hall–Kier alpha value is -5.67. The number of esters is 2. The average Bonchev–Trinajstić information content (AvgIpc) is 4.04. The highest BCUT2D eigenvalue weighted by molar-refractivity contribution is 7.66. The van der Waals surface area contributed by atoms with Crippen molar-refractivity contribution in [2.75, 3.05) is 24.7 Å². The molecular formula is C36H39N10O18P3. The van der Waals surface area contributed by atoms with E-state index in [-0.39, 0.29) is 46.8 Å². The molecule has 9 N–H and O–H groups in total. The zero-order chi connectivity index (χ0) is 47.7. The SMILES string of the molecule is Nc1ncnc2c1ncn2[C@@H]1O[C@H](COP(=O)(O)OP(=O)(O)OP(=O)(O)OC[C@H]2O[C@H](n3cnc4c(N)ncnc43)[C@@H](O)[C@H]2OC(=O)Cc2ccccc2)[C@@H](OC(=O)Cc2ccccc2)[C@H]1O. The molecular weight excluding hydrogens is 953 g/mol. The van der Waals surface area contributed by atoms with Crippen molar-refractivity contribution in [3.05, 3.63) is 97.1 Å². The highest BCUT2D eigenvalue weighted by Crippen LogP contribution is 2.68. The average molecular weight is 993 g/mol. The molecule has 28 nitrogen and oxygen atoms in total. The number of rotatable bonds is 18. The first-order valence-corrected chi connectivity index (χ1v) is 24.1. The zero-order valence-corrected chi connectivity index (χ0v) is 36.8. The van der Waals surface area contributed by atoms with Crippen LogP contribution in [0, 0.1) is 0 Å². The van der Waals surface area contributed by atoms with Crippen LogP contribution in [0.15, 0.2) is 86.0 Å². The number of imidazole rings is 2. The number of aromatic nitrogens is 8. The molecule has 11 atom stereocenters. The lowest BCUT2D eigenvalue weighted by atomic mass is 10.1. The van der Waals surface area contributed by atoms with Crippen LogP contribution in [-0.2, 0) is 72.7 Å². The molecule has 0 amide bonds. The molecule has 4 aromatic heterocycles. The number of phosphoric acid groups is 3. The van der Waals surface area contributed by atoms with E-state index < -0.39 is 97.7 Å². The summed E-state index contributed by atoms with van der Waals surface area (Å²) >= 11 is 0. The molecule has 0 bridgehead atoms. The van der Waals surface area contributed by atoms with Crippen LogP contribution in [0.1, 0.15) is 23.6 Å². The number of hydrogen-bond acceptors (Lipinski definition) is 23. The van der Waals surface area contributed by atoms with Crippen molar-refractivity contribution < 1.29 is 84.8 Å². The van der Waals surface area contributed by atoms with E-state index >= 15 is 0 Å². The van der Waals surface area contributed by atoms with Gasteiger partial charge in [-0.3, -0.25) is 27.8 Å². The zero-order valence-electron chi connectivity index (χ0n) is 34.1. The molecule has 3 unspecified atom stereocenters.